The number of hydrogen-bond donors (Lipinski definition) is 1. The minimum absolute atomic E-state index is 0.138. The van der Waals surface area contributed by atoms with Gasteiger partial charge in [-0.3, -0.25) is 4.79 Å². The van der Waals surface area contributed by atoms with Crippen molar-refractivity contribution in [3.8, 4) is 5.75 Å². The number of carbonyl (C=O) groups is 2. The third kappa shape index (κ3) is 4.73. The van der Waals surface area contributed by atoms with Gasteiger partial charge in [0.15, 0.2) is 6.61 Å². The predicted molar refractivity (Wildman–Crippen MR) is 92.7 cm³/mol. The van der Waals surface area contributed by atoms with Gasteiger partial charge in [0.25, 0.3) is 5.91 Å². The van der Waals surface area contributed by atoms with Gasteiger partial charge < -0.3 is 14.8 Å². The molecule has 1 amide bonds. The Hall–Kier alpha value is -2.53. The Labute approximate surface area is 145 Å². The van der Waals surface area contributed by atoms with Crippen LogP contribution in [-0.2, 0) is 9.53 Å². The summed E-state index contributed by atoms with van der Waals surface area (Å²) in [6, 6.07) is 12.0. The van der Waals surface area contributed by atoms with Crippen molar-refractivity contribution in [2.24, 2.45) is 0 Å². The van der Waals surface area contributed by atoms with Gasteiger partial charge in [-0.25, -0.2) is 4.79 Å². The van der Waals surface area contributed by atoms with E-state index in [1.54, 1.807) is 25.1 Å². The monoisotopic (exact) mass is 347 g/mol. The molecule has 0 aliphatic carbocycles. The first kappa shape index (κ1) is 17.8. The third-order valence-electron chi connectivity index (χ3n) is 3.21. The number of halogens is 1. The van der Waals surface area contributed by atoms with Crippen LogP contribution in [0.25, 0.3) is 0 Å². The Kier molecular flexibility index (Phi) is 6.21. The SMILES string of the molecule is CCOC(=O)c1ccc(NC(=O)COc2ccccc2C)c(Cl)c1. The van der Waals surface area contributed by atoms with Crippen LogP contribution in [-0.4, -0.2) is 25.1 Å². The molecule has 0 atom stereocenters. The smallest absolute Gasteiger partial charge is 0.338 e. The number of nitrogens with one attached hydrogen (secondary N) is 1. The summed E-state index contributed by atoms with van der Waals surface area (Å²) in [4.78, 5) is 23.6. The Morgan fingerprint density at radius 3 is 2.58 bits per heavy atom. The maximum atomic E-state index is 12.0. The number of esters is 1. The number of hydrogen-bond acceptors (Lipinski definition) is 4. The van der Waals surface area contributed by atoms with Gasteiger partial charge in [-0.05, 0) is 43.7 Å². The van der Waals surface area contributed by atoms with Crippen LogP contribution in [0.15, 0.2) is 42.5 Å². The van der Waals surface area contributed by atoms with Gasteiger partial charge in [0.1, 0.15) is 5.75 Å². The van der Waals surface area contributed by atoms with Crippen LogP contribution >= 0.6 is 11.6 Å². The van der Waals surface area contributed by atoms with Crippen molar-refractivity contribution in [3.63, 3.8) is 0 Å². The van der Waals surface area contributed by atoms with Gasteiger partial charge in [-0.2, -0.15) is 0 Å². The first-order valence-corrected chi connectivity index (χ1v) is 7.84. The second-order valence-electron chi connectivity index (χ2n) is 5.02. The highest BCUT2D eigenvalue weighted by Crippen LogP contribution is 2.23. The van der Waals surface area contributed by atoms with E-state index in [2.05, 4.69) is 5.32 Å². The van der Waals surface area contributed by atoms with Crippen LogP contribution < -0.4 is 10.1 Å². The molecule has 0 heterocycles. The maximum absolute atomic E-state index is 12.0. The molecule has 0 bridgehead atoms. The van der Waals surface area contributed by atoms with E-state index in [4.69, 9.17) is 21.1 Å². The largest absolute Gasteiger partial charge is 0.483 e. The lowest BCUT2D eigenvalue weighted by molar-refractivity contribution is -0.118. The van der Waals surface area contributed by atoms with E-state index in [-0.39, 0.29) is 24.1 Å². The Bertz CT molecular complexity index is 746. The number of carbonyl (C=O) groups excluding carboxylic acids is 2. The molecule has 126 valence electrons. The van der Waals surface area contributed by atoms with Gasteiger partial charge in [0, 0.05) is 0 Å². The summed E-state index contributed by atoms with van der Waals surface area (Å²) in [6.45, 7) is 3.77. The van der Waals surface area contributed by atoms with Crippen LogP contribution in [0.4, 0.5) is 5.69 Å². The molecule has 2 aromatic carbocycles. The fourth-order valence-electron chi connectivity index (χ4n) is 2.01. The molecule has 0 saturated carbocycles. The Morgan fingerprint density at radius 1 is 1.17 bits per heavy atom. The van der Waals surface area contributed by atoms with Gasteiger partial charge in [-0.15, -0.1) is 0 Å². The molecule has 6 heteroatoms. The van der Waals surface area contributed by atoms with E-state index in [0.29, 0.717) is 17.0 Å². The zero-order valence-electron chi connectivity index (χ0n) is 13.5. The summed E-state index contributed by atoms with van der Waals surface area (Å²) in [5.74, 6) is -0.152. The summed E-state index contributed by atoms with van der Waals surface area (Å²) < 4.78 is 10.4. The van der Waals surface area contributed by atoms with Crippen LogP contribution in [0.5, 0.6) is 5.75 Å². The molecule has 2 aromatic rings. The average Bonchev–Trinajstić information content (AvgIpc) is 2.56. The molecule has 0 fully saturated rings. The fourth-order valence-corrected chi connectivity index (χ4v) is 2.23. The molecular weight excluding hydrogens is 330 g/mol. The van der Waals surface area contributed by atoms with E-state index in [1.807, 2.05) is 25.1 Å². The maximum Gasteiger partial charge on any atom is 0.338 e. The van der Waals surface area contributed by atoms with E-state index in [9.17, 15) is 9.59 Å². The highest BCUT2D eigenvalue weighted by Gasteiger charge is 2.12. The Morgan fingerprint density at radius 2 is 1.92 bits per heavy atom. The zero-order chi connectivity index (χ0) is 17.5. The molecule has 24 heavy (non-hydrogen) atoms. The van der Waals surface area contributed by atoms with Crippen molar-refractivity contribution in [2.75, 3.05) is 18.5 Å². The molecule has 5 nitrogen and oxygen atoms in total. The molecule has 2 rings (SSSR count). The van der Waals surface area contributed by atoms with Gasteiger partial charge >= 0.3 is 5.97 Å². The molecule has 0 aliphatic heterocycles. The average molecular weight is 348 g/mol. The highest BCUT2D eigenvalue weighted by atomic mass is 35.5. The summed E-state index contributed by atoms with van der Waals surface area (Å²) >= 11 is 6.10. The molecule has 0 unspecified atom stereocenters. The summed E-state index contributed by atoms with van der Waals surface area (Å²) in [5, 5.41) is 2.90. The topological polar surface area (TPSA) is 64.6 Å². The number of benzene rings is 2. The summed E-state index contributed by atoms with van der Waals surface area (Å²) in [7, 11) is 0. The Balaban J connectivity index is 1.96. The van der Waals surface area contributed by atoms with Crippen molar-refractivity contribution in [1.82, 2.24) is 0 Å². The van der Waals surface area contributed by atoms with Crippen LogP contribution in [0.3, 0.4) is 0 Å². The quantitative estimate of drug-likeness (QED) is 0.806. The number of ether oxygens (including phenoxy) is 2. The van der Waals surface area contributed by atoms with Gasteiger partial charge in [0.2, 0.25) is 0 Å². The number of anilines is 1. The molecule has 0 spiro atoms. The highest BCUT2D eigenvalue weighted by molar-refractivity contribution is 6.34. The van der Waals surface area contributed by atoms with E-state index >= 15 is 0 Å². The minimum atomic E-state index is -0.458. The molecule has 0 aromatic heterocycles. The standard InChI is InChI=1S/C18H18ClNO4/c1-3-23-18(22)13-8-9-15(14(19)10-13)20-17(21)11-24-16-7-5-4-6-12(16)2/h4-10H,3,11H2,1-2H3,(H,20,21). The number of amides is 1. The minimum Gasteiger partial charge on any atom is -0.483 e. The van der Waals surface area contributed by atoms with E-state index in [0.717, 1.165) is 5.56 Å². The normalized spacial score (nSPS) is 10.1. The number of rotatable bonds is 6. The number of para-hydroxylation sites is 1. The first-order valence-electron chi connectivity index (χ1n) is 7.46. The second kappa shape index (κ2) is 8.36. The lowest BCUT2D eigenvalue weighted by Crippen LogP contribution is -2.20. The molecule has 1 N–H and O–H groups in total. The fraction of sp³-hybridized carbons (Fsp3) is 0.222. The number of aryl methyl sites for hydroxylation is 1. The molecule has 0 aliphatic rings. The molecule has 0 saturated heterocycles. The summed E-state index contributed by atoms with van der Waals surface area (Å²) in [6.07, 6.45) is 0. The van der Waals surface area contributed by atoms with Crippen LogP contribution in [0, 0.1) is 6.92 Å². The van der Waals surface area contributed by atoms with Crippen molar-refractivity contribution < 1.29 is 19.1 Å². The van der Waals surface area contributed by atoms with Crippen LogP contribution in [0.1, 0.15) is 22.8 Å². The lowest BCUT2D eigenvalue weighted by Gasteiger charge is -2.11. The van der Waals surface area contributed by atoms with Crippen molar-refractivity contribution in [1.29, 1.82) is 0 Å². The van der Waals surface area contributed by atoms with Gasteiger partial charge in [0.05, 0.1) is 22.9 Å². The molecular formula is C18H18ClNO4. The van der Waals surface area contributed by atoms with Crippen molar-refractivity contribution >= 4 is 29.2 Å². The zero-order valence-corrected chi connectivity index (χ0v) is 14.2. The van der Waals surface area contributed by atoms with E-state index < -0.39 is 5.97 Å². The first-order chi connectivity index (χ1) is 11.5. The van der Waals surface area contributed by atoms with Crippen molar-refractivity contribution in [2.45, 2.75) is 13.8 Å². The van der Waals surface area contributed by atoms with Crippen molar-refractivity contribution in [3.05, 3.63) is 58.6 Å². The second-order valence-corrected chi connectivity index (χ2v) is 5.42. The van der Waals surface area contributed by atoms with Crippen LogP contribution in [0.2, 0.25) is 5.02 Å². The van der Waals surface area contributed by atoms with E-state index in [1.165, 1.54) is 6.07 Å². The third-order valence-corrected chi connectivity index (χ3v) is 3.52. The lowest BCUT2D eigenvalue weighted by atomic mass is 10.2. The predicted octanol–water partition coefficient (Wildman–Crippen LogP) is 3.84. The molecule has 0 radical (unpaired) electrons. The van der Waals surface area contributed by atoms with Gasteiger partial charge in [-0.1, -0.05) is 29.8 Å². The summed E-state index contributed by atoms with van der Waals surface area (Å²) in [5.41, 5.74) is 1.68.